The van der Waals surface area contributed by atoms with Crippen molar-refractivity contribution in [3.63, 3.8) is 0 Å². The molecule has 0 aliphatic carbocycles. The Bertz CT molecular complexity index is 210. The van der Waals surface area contributed by atoms with E-state index >= 15 is 0 Å². The van der Waals surface area contributed by atoms with Crippen molar-refractivity contribution in [1.29, 1.82) is 0 Å². The highest BCUT2D eigenvalue weighted by molar-refractivity contribution is 7.92. The average Bonchev–Trinajstić information content (AvgIpc) is 1.78. The normalized spacial score (nSPS) is 26.0. The lowest BCUT2D eigenvalue weighted by Gasteiger charge is -2.26. The van der Waals surface area contributed by atoms with Gasteiger partial charge in [0.25, 0.3) is 0 Å². The van der Waals surface area contributed by atoms with Gasteiger partial charge in [-0.15, -0.1) is 0 Å². The van der Waals surface area contributed by atoms with Crippen molar-refractivity contribution in [3.05, 3.63) is 0 Å². The fraction of sp³-hybridized carbons (Fsp3) is 1.00. The number of rotatable bonds is 3. The molecular weight excluding hydrogens is 166 g/mol. The zero-order valence-electron chi connectivity index (χ0n) is 6.49. The molecule has 1 saturated heterocycles. The molecule has 11 heavy (non-hydrogen) atoms. The summed E-state index contributed by atoms with van der Waals surface area (Å²) in [6.07, 6.45) is -0.106. The van der Waals surface area contributed by atoms with Crippen molar-refractivity contribution in [3.8, 4) is 0 Å². The number of hydrogen-bond acceptors (Lipinski definition) is 4. The largest absolute Gasteiger partial charge is 0.375 e. The summed E-state index contributed by atoms with van der Waals surface area (Å²) in [4.78, 5) is 0. The number of hydrogen-bond donors (Lipinski definition) is 1. The van der Waals surface area contributed by atoms with Gasteiger partial charge in [-0.2, -0.15) is 0 Å². The van der Waals surface area contributed by atoms with E-state index in [1.54, 1.807) is 0 Å². The van der Waals surface area contributed by atoms with Crippen molar-refractivity contribution in [2.75, 3.05) is 18.1 Å². The van der Waals surface area contributed by atoms with Crippen molar-refractivity contribution in [2.24, 2.45) is 5.73 Å². The van der Waals surface area contributed by atoms with Crippen LogP contribution < -0.4 is 5.73 Å². The van der Waals surface area contributed by atoms with Gasteiger partial charge >= 0.3 is 0 Å². The summed E-state index contributed by atoms with van der Waals surface area (Å²) < 4.78 is 26.4. The molecular formula is C6H13NO3S. The Kier molecular flexibility index (Phi) is 2.51. The lowest BCUT2D eigenvalue weighted by molar-refractivity contribution is 0.0659. The van der Waals surface area contributed by atoms with Crippen LogP contribution in [0.5, 0.6) is 0 Å². The summed E-state index contributed by atoms with van der Waals surface area (Å²) in [6.45, 7) is 2.27. The zero-order chi connectivity index (χ0) is 8.48. The molecule has 0 aromatic rings. The monoisotopic (exact) mass is 179 g/mol. The number of sulfone groups is 1. The van der Waals surface area contributed by atoms with E-state index in [2.05, 4.69) is 0 Å². The first kappa shape index (κ1) is 8.96. The minimum absolute atomic E-state index is 0.0155. The molecule has 1 rings (SSSR count). The predicted molar refractivity (Wildman–Crippen MR) is 42.0 cm³/mol. The van der Waals surface area contributed by atoms with Crippen LogP contribution in [0.2, 0.25) is 0 Å². The molecule has 5 heteroatoms. The molecule has 0 spiro atoms. The van der Waals surface area contributed by atoms with Gasteiger partial charge in [-0.3, -0.25) is 0 Å². The molecule has 1 heterocycles. The maximum atomic E-state index is 10.6. The van der Waals surface area contributed by atoms with Crippen LogP contribution >= 0.6 is 0 Å². The second-order valence-corrected chi connectivity index (χ2v) is 5.16. The van der Waals surface area contributed by atoms with Crippen LogP contribution in [0.15, 0.2) is 0 Å². The quantitative estimate of drug-likeness (QED) is 0.612. The summed E-state index contributed by atoms with van der Waals surface area (Å²) in [5, 5.41) is 0. The highest BCUT2D eigenvalue weighted by Crippen LogP contribution is 2.13. The van der Waals surface area contributed by atoms with E-state index in [0.717, 1.165) is 0 Å². The fourth-order valence-corrected chi connectivity index (χ4v) is 2.13. The van der Waals surface area contributed by atoms with Gasteiger partial charge in [-0.1, -0.05) is 0 Å². The molecule has 0 radical (unpaired) electrons. The van der Waals surface area contributed by atoms with Gasteiger partial charge < -0.3 is 10.5 Å². The van der Waals surface area contributed by atoms with Crippen molar-refractivity contribution in [1.82, 2.24) is 0 Å². The van der Waals surface area contributed by atoms with E-state index < -0.39 is 9.84 Å². The van der Waals surface area contributed by atoms with Crippen LogP contribution in [0.25, 0.3) is 0 Å². The van der Waals surface area contributed by atoms with E-state index in [-0.39, 0.29) is 23.7 Å². The SMILES string of the molecule is CC(N)COC1CS(=O)(=O)C1. The minimum Gasteiger partial charge on any atom is -0.375 e. The molecule has 66 valence electrons. The summed E-state index contributed by atoms with van der Waals surface area (Å²) in [7, 11) is -2.74. The first-order chi connectivity index (χ1) is 4.99. The van der Waals surface area contributed by atoms with Crippen LogP contribution in [0, 0.1) is 0 Å². The average molecular weight is 179 g/mol. The third kappa shape index (κ3) is 2.76. The predicted octanol–water partition coefficient (Wildman–Crippen LogP) is -0.853. The number of ether oxygens (including phenoxy) is 1. The molecule has 2 N–H and O–H groups in total. The second-order valence-electron chi connectivity index (χ2n) is 3.01. The van der Waals surface area contributed by atoms with E-state index in [0.29, 0.717) is 6.61 Å². The van der Waals surface area contributed by atoms with Crippen LogP contribution in [0.3, 0.4) is 0 Å². The van der Waals surface area contributed by atoms with Crippen LogP contribution in [0.4, 0.5) is 0 Å². The molecule has 1 atom stereocenters. The summed E-state index contributed by atoms with van der Waals surface area (Å²) >= 11 is 0. The molecule has 0 aromatic carbocycles. The van der Waals surface area contributed by atoms with Crippen LogP contribution in [-0.4, -0.2) is 38.7 Å². The van der Waals surface area contributed by atoms with Crippen molar-refractivity contribution >= 4 is 9.84 Å². The summed E-state index contributed by atoms with van der Waals surface area (Å²) in [6, 6.07) is -0.0155. The highest BCUT2D eigenvalue weighted by atomic mass is 32.2. The summed E-state index contributed by atoms with van der Waals surface area (Å²) in [5.74, 6) is 0.333. The summed E-state index contributed by atoms with van der Waals surface area (Å²) in [5.41, 5.74) is 5.41. The van der Waals surface area contributed by atoms with Gasteiger partial charge in [0.05, 0.1) is 24.2 Å². The maximum absolute atomic E-state index is 10.6. The van der Waals surface area contributed by atoms with E-state index in [4.69, 9.17) is 10.5 Å². The van der Waals surface area contributed by atoms with Crippen molar-refractivity contribution in [2.45, 2.75) is 19.1 Å². The Morgan fingerprint density at radius 1 is 1.64 bits per heavy atom. The Balaban J connectivity index is 2.14. The molecule has 0 saturated carbocycles. The van der Waals surface area contributed by atoms with E-state index in [1.807, 2.05) is 6.92 Å². The van der Waals surface area contributed by atoms with Gasteiger partial charge in [-0.25, -0.2) is 8.42 Å². The number of nitrogens with two attached hydrogens (primary N) is 1. The van der Waals surface area contributed by atoms with Gasteiger partial charge in [0.15, 0.2) is 9.84 Å². The van der Waals surface area contributed by atoms with E-state index in [9.17, 15) is 8.42 Å². The third-order valence-corrected chi connectivity index (χ3v) is 3.23. The molecule has 1 aliphatic rings. The van der Waals surface area contributed by atoms with Crippen molar-refractivity contribution < 1.29 is 13.2 Å². The molecule has 0 aromatic heterocycles. The molecule has 0 bridgehead atoms. The molecule has 0 amide bonds. The van der Waals surface area contributed by atoms with Crippen LogP contribution in [-0.2, 0) is 14.6 Å². The van der Waals surface area contributed by atoms with Crippen LogP contribution in [0.1, 0.15) is 6.92 Å². The second kappa shape index (κ2) is 3.08. The Hall–Kier alpha value is -0.130. The molecule has 1 unspecified atom stereocenters. The first-order valence-corrected chi connectivity index (χ1v) is 5.39. The van der Waals surface area contributed by atoms with E-state index in [1.165, 1.54) is 0 Å². The molecule has 1 fully saturated rings. The Morgan fingerprint density at radius 3 is 2.55 bits per heavy atom. The lowest BCUT2D eigenvalue weighted by atomic mass is 10.4. The molecule has 4 nitrogen and oxygen atoms in total. The maximum Gasteiger partial charge on any atom is 0.155 e. The lowest BCUT2D eigenvalue weighted by Crippen LogP contribution is -2.44. The third-order valence-electron chi connectivity index (χ3n) is 1.47. The highest BCUT2D eigenvalue weighted by Gasteiger charge is 2.33. The van der Waals surface area contributed by atoms with Gasteiger partial charge in [0, 0.05) is 6.04 Å². The molecule has 1 aliphatic heterocycles. The fourth-order valence-electron chi connectivity index (χ4n) is 0.902. The van der Waals surface area contributed by atoms with Gasteiger partial charge in [0.2, 0.25) is 0 Å². The Labute approximate surface area is 66.6 Å². The minimum atomic E-state index is -2.74. The topological polar surface area (TPSA) is 69.4 Å². The standard InChI is InChI=1S/C6H13NO3S/c1-5(7)2-10-6-3-11(8,9)4-6/h5-6H,2-4,7H2,1H3. The smallest absolute Gasteiger partial charge is 0.155 e. The van der Waals surface area contributed by atoms with Gasteiger partial charge in [0.1, 0.15) is 0 Å². The first-order valence-electron chi connectivity index (χ1n) is 3.57. The zero-order valence-corrected chi connectivity index (χ0v) is 7.30. The van der Waals surface area contributed by atoms with Gasteiger partial charge in [-0.05, 0) is 6.92 Å². The Morgan fingerprint density at radius 2 is 2.18 bits per heavy atom.